The molecule has 0 aliphatic carbocycles. The van der Waals surface area contributed by atoms with Crippen molar-refractivity contribution < 1.29 is 9.33 Å². The van der Waals surface area contributed by atoms with Gasteiger partial charge in [-0.2, -0.15) is 5.10 Å². The van der Waals surface area contributed by atoms with Crippen LogP contribution in [0.1, 0.15) is 249 Å². The zero-order valence-electron chi connectivity index (χ0n) is 60.7. The lowest BCUT2D eigenvalue weighted by Gasteiger charge is -2.20. The zero-order chi connectivity index (χ0) is 68.1. The van der Waals surface area contributed by atoms with E-state index in [4.69, 9.17) is 4.63 Å². The van der Waals surface area contributed by atoms with E-state index in [1.807, 2.05) is 201 Å². The number of azo groups is 2. The van der Waals surface area contributed by atoms with Gasteiger partial charge in [-0.05, 0) is 68.2 Å². The fraction of sp³-hybridized carbons (Fsp3) is 0.527. The van der Waals surface area contributed by atoms with Crippen molar-refractivity contribution in [2.24, 2.45) is 15.5 Å². The van der Waals surface area contributed by atoms with Crippen LogP contribution in [-0.4, -0.2) is 75.3 Å². The molecule has 16 heteroatoms. The van der Waals surface area contributed by atoms with Gasteiger partial charge in [-0.15, -0.1) is 0 Å². The number of allylic oxidation sites excluding steroid dienone is 2. The molecule has 1 atom stereocenters. The van der Waals surface area contributed by atoms with Crippen molar-refractivity contribution in [1.29, 1.82) is 0 Å². The predicted molar refractivity (Wildman–Crippen MR) is 384 cm³/mol. The summed E-state index contributed by atoms with van der Waals surface area (Å²) >= 11 is 0. The van der Waals surface area contributed by atoms with E-state index in [-0.39, 0.29) is 46.1 Å². The van der Waals surface area contributed by atoms with E-state index in [0.29, 0.717) is 0 Å². The maximum absolute atomic E-state index is 4.70. The molecular weight excluding hydrogens is 1110 g/mol. The topological polar surface area (TPSA) is 162 Å². The minimum absolute atomic E-state index is 0. The number of pyridine rings is 1. The molecule has 90 heavy (non-hydrogen) atoms. The van der Waals surface area contributed by atoms with Crippen LogP contribution >= 0.6 is 0 Å². The normalized spacial score (nSPS) is 13.2. The van der Waals surface area contributed by atoms with Crippen molar-refractivity contribution in [3.05, 3.63) is 168 Å². The SMILES string of the molecule is C.CC.CC.CC.CC.CC.CC.CC(C)(C)C1=CN=[N+]2C=CC=NC12.CC(C)(C)c1cccc2nonc12.CC(C)(C)c1cnc2ccccn12.CC(C)(C)c1cnc2cccnn12.CC(C)(C)c1cnc2n1C=CC2.CC(C)(C)c1cnc2ncccn12. The molecule has 0 spiro atoms. The summed E-state index contributed by atoms with van der Waals surface area (Å²) in [6.07, 6.45) is 28.3. The Bertz CT molecular complexity index is 3380. The van der Waals surface area contributed by atoms with Gasteiger partial charge in [-0.25, -0.2) is 39.1 Å². The molecule has 3 aliphatic rings. The number of benzene rings is 1. The van der Waals surface area contributed by atoms with Crippen molar-refractivity contribution in [2.45, 2.75) is 255 Å². The summed E-state index contributed by atoms with van der Waals surface area (Å²) in [5, 5.41) is 16.2. The smallest absolute Gasteiger partial charge is 0.301 e. The lowest BCUT2D eigenvalue weighted by molar-refractivity contribution is -0.547. The Labute approximate surface area is 544 Å². The van der Waals surface area contributed by atoms with Crippen LogP contribution in [0.25, 0.3) is 34.3 Å². The molecule has 8 aromatic heterocycles. The maximum atomic E-state index is 4.70. The third kappa shape index (κ3) is 23.2. The minimum Gasteiger partial charge on any atom is -0.307 e. The van der Waals surface area contributed by atoms with E-state index < -0.39 is 0 Å². The van der Waals surface area contributed by atoms with E-state index in [9.17, 15) is 0 Å². The molecule has 1 unspecified atom stereocenters. The fourth-order valence-electron chi connectivity index (χ4n) is 8.67. The van der Waals surface area contributed by atoms with Crippen LogP contribution in [-0.2, 0) is 33.5 Å². The van der Waals surface area contributed by atoms with E-state index in [2.05, 4.69) is 209 Å². The molecule has 1 aromatic carbocycles. The second-order valence-corrected chi connectivity index (χ2v) is 25.5. The van der Waals surface area contributed by atoms with E-state index in [1.54, 1.807) is 12.4 Å². The number of imidazole rings is 4. The van der Waals surface area contributed by atoms with Crippen molar-refractivity contribution in [1.82, 2.24) is 58.2 Å². The molecule has 11 heterocycles. The van der Waals surface area contributed by atoms with Crippen LogP contribution in [0.4, 0.5) is 0 Å². The molecule has 0 amide bonds. The lowest BCUT2D eigenvalue weighted by atomic mass is 9.85. The van der Waals surface area contributed by atoms with E-state index >= 15 is 0 Å². The van der Waals surface area contributed by atoms with Gasteiger partial charge in [0.1, 0.15) is 28.7 Å². The van der Waals surface area contributed by atoms with Crippen LogP contribution in [0.2, 0.25) is 0 Å². The molecule has 3 aliphatic heterocycles. The highest BCUT2D eigenvalue weighted by molar-refractivity contribution is 5.78. The summed E-state index contributed by atoms with van der Waals surface area (Å²) in [5.74, 6) is 1.94. The number of aromatic nitrogens is 12. The Hall–Kier alpha value is -7.75. The van der Waals surface area contributed by atoms with Crippen molar-refractivity contribution in [2.75, 3.05) is 0 Å². The maximum Gasteiger partial charge on any atom is 0.301 e. The van der Waals surface area contributed by atoms with Gasteiger partial charge in [0.05, 0.1) is 23.7 Å². The first-order chi connectivity index (χ1) is 42.0. The van der Waals surface area contributed by atoms with E-state index in [1.165, 1.54) is 34.0 Å². The van der Waals surface area contributed by atoms with Crippen LogP contribution in [0.15, 0.2) is 149 Å². The molecule has 0 fully saturated rings. The van der Waals surface area contributed by atoms with Gasteiger partial charge < -0.3 is 8.97 Å². The Morgan fingerprint density at radius 1 is 0.500 bits per heavy atom. The molecule has 496 valence electrons. The Kier molecular flexibility index (Phi) is 34.8. The van der Waals surface area contributed by atoms with Crippen LogP contribution in [0.3, 0.4) is 0 Å². The Morgan fingerprint density at radius 3 is 1.63 bits per heavy atom. The second-order valence-electron chi connectivity index (χ2n) is 25.5. The summed E-state index contributed by atoms with van der Waals surface area (Å²) in [7, 11) is 0. The molecule has 0 saturated carbocycles. The Balaban J connectivity index is 0.00000102. The Morgan fingerprint density at radius 2 is 1.04 bits per heavy atom. The zero-order valence-corrected chi connectivity index (χ0v) is 60.7. The molecule has 0 saturated heterocycles. The number of hydrogen-bond donors (Lipinski definition) is 0. The molecule has 0 bridgehead atoms. The monoisotopic (exact) mass is 1230 g/mol. The summed E-state index contributed by atoms with van der Waals surface area (Å²) < 4.78 is 14.8. The summed E-state index contributed by atoms with van der Waals surface area (Å²) in [5.41, 5.74) is 11.7. The van der Waals surface area contributed by atoms with Gasteiger partial charge in [0.15, 0.2) is 5.65 Å². The van der Waals surface area contributed by atoms with Crippen LogP contribution < -0.4 is 0 Å². The third-order valence-electron chi connectivity index (χ3n) is 12.9. The summed E-state index contributed by atoms with van der Waals surface area (Å²) in [4.78, 5) is 25.8. The average Bonchev–Trinajstić information content (AvgIpc) is 1.98. The molecular formula is C74H120N15O+. The first-order valence-electron chi connectivity index (χ1n) is 32.4. The number of aliphatic imine (C=N–C) groups is 1. The predicted octanol–water partition coefficient (Wildman–Crippen LogP) is 20.5. The first kappa shape index (κ1) is 82.2. The van der Waals surface area contributed by atoms with Crippen molar-refractivity contribution in [3.63, 3.8) is 0 Å². The third-order valence-corrected chi connectivity index (χ3v) is 12.9. The first-order valence-corrected chi connectivity index (χ1v) is 32.4. The minimum atomic E-state index is 0. The average molecular weight is 1240 g/mol. The van der Waals surface area contributed by atoms with Gasteiger partial charge in [-0.1, -0.05) is 244 Å². The van der Waals surface area contributed by atoms with Gasteiger partial charge >= 0.3 is 6.17 Å². The number of nitrogens with zero attached hydrogens (tertiary/aromatic N) is 15. The highest BCUT2D eigenvalue weighted by atomic mass is 16.6. The molecule has 0 N–H and O–H groups in total. The van der Waals surface area contributed by atoms with Gasteiger partial charge in [0.25, 0.3) is 0 Å². The molecule has 16 nitrogen and oxygen atoms in total. The fourth-order valence-corrected chi connectivity index (χ4v) is 8.67. The van der Waals surface area contributed by atoms with E-state index in [0.717, 1.165) is 40.2 Å². The molecule has 0 radical (unpaired) electrons. The highest BCUT2D eigenvalue weighted by Gasteiger charge is 2.38. The van der Waals surface area contributed by atoms with Gasteiger partial charge in [0.2, 0.25) is 12.0 Å². The lowest BCUT2D eigenvalue weighted by Crippen LogP contribution is -2.26. The molecule has 12 rings (SSSR count). The number of fused-ring (bicyclic) bond motifs is 6. The van der Waals surface area contributed by atoms with Gasteiger partial charge in [-0.3, -0.25) is 4.40 Å². The van der Waals surface area contributed by atoms with Gasteiger partial charge in [0, 0.05) is 101 Å². The summed E-state index contributed by atoms with van der Waals surface area (Å²) in [6, 6.07) is 17.8. The highest BCUT2D eigenvalue weighted by Crippen LogP contribution is 2.34. The van der Waals surface area contributed by atoms with Crippen molar-refractivity contribution in [3.8, 4) is 0 Å². The molecule has 9 aromatic rings. The standard InChI is InChI=1S/C11H14N2.C10H13N3.C10H14N3.C10H13N3.C10H12N2O.C10H14N2.6C2H6.CH4/c1-11(2,3)9-8-12-10-6-4-5-7-13(9)10;1-10(2,3)8-7-12-9-11-5-4-6-13(8)9;1-10(2,3)8-7-12-13-6-4-5-11-9(8)13;1-10(2,3)8-7-11-9-5-4-6-12-13(8)9;1-10(2,3)7-5-4-6-8-9(7)12-13-11-8;1-10(2,3)8-7-11-9-5-4-6-12(8)9;6*1-2;/h4-8H,1-3H3;4-7H,1-3H3;4-7,9H,1-3H3;4-7H,1-3H3;4-6H,1-3H3;4,6-7H,5H2,1-3H3;6*1-2H3;1H4/q;;+1;;;;;;;;;;. The van der Waals surface area contributed by atoms with Crippen LogP contribution in [0.5, 0.6) is 0 Å². The summed E-state index contributed by atoms with van der Waals surface area (Å²) in [6.45, 7) is 63.2. The van der Waals surface area contributed by atoms with Crippen LogP contribution in [0, 0.1) is 5.41 Å². The van der Waals surface area contributed by atoms with Crippen molar-refractivity contribution >= 4 is 40.5 Å². The quantitative estimate of drug-likeness (QED) is 0.135. The second kappa shape index (κ2) is 38.1. The largest absolute Gasteiger partial charge is 0.307 e. The number of hydrogen-bond acceptors (Lipinski definition) is 11. The number of rotatable bonds is 0.